The third-order valence-electron chi connectivity index (χ3n) is 19.4. The van der Waals surface area contributed by atoms with Crippen LogP contribution >= 0.6 is 15.6 Å². The molecule has 0 spiro atoms. The van der Waals surface area contributed by atoms with Crippen LogP contribution in [0.3, 0.4) is 0 Å². The molecular formula is C81H158O17P2. The highest BCUT2D eigenvalue weighted by molar-refractivity contribution is 7.47. The number of esters is 4. The van der Waals surface area contributed by atoms with Gasteiger partial charge < -0.3 is 33.8 Å². The van der Waals surface area contributed by atoms with Crippen molar-refractivity contribution < 1.29 is 80.2 Å². The summed E-state index contributed by atoms with van der Waals surface area (Å²) in [5, 5.41) is 10.6. The maximum Gasteiger partial charge on any atom is 0.472 e. The van der Waals surface area contributed by atoms with E-state index in [-0.39, 0.29) is 25.7 Å². The number of ether oxygens (including phenoxy) is 4. The number of hydrogen-bond acceptors (Lipinski definition) is 15. The van der Waals surface area contributed by atoms with Crippen LogP contribution in [-0.2, 0) is 65.4 Å². The van der Waals surface area contributed by atoms with Crippen molar-refractivity contribution in [2.24, 2.45) is 5.92 Å². The smallest absolute Gasteiger partial charge is 0.462 e. The lowest BCUT2D eigenvalue weighted by Gasteiger charge is -2.21. The summed E-state index contributed by atoms with van der Waals surface area (Å²) in [6.07, 6.45) is 65.4. The zero-order valence-corrected chi connectivity index (χ0v) is 67.1. The molecule has 17 nitrogen and oxygen atoms in total. The normalized spacial score (nSPS) is 14.1. The molecule has 3 N–H and O–H groups in total. The molecule has 0 heterocycles. The van der Waals surface area contributed by atoms with Crippen LogP contribution in [0, 0.1) is 5.92 Å². The van der Waals surface area contributed by atoms with Gasteiger partial charge in [-0.1, -0.05) is 381 Å². The highest BCUT2D eigenvalue weighted by atomic mass is 31.2. The van der Waals surface area contributed by atoms with Crippen LogP contribution in [0.5, 0.6) is 0 Å². The Hall–Kier alpha value is -1.94. The van der Waals surface area contributed by atoms with Crippen LogP contribution in [0.15, 0.2) is 0 Å². The molecule has 0 bridgehead atoms. The number of phosphoric ester groups is 2. The van der Waals surface area contributed by atoms with Crippen LogP contribution in [0.25, 0.3) is 0 Å². The van der Waals surface area contributed by atoms with Crippen LogP contribution in [0.1, 0.15) is 433 Å². The Kier molecular flexibility index (Phi) is 72.5. The van der Waals surface area contributed by atoms with Gasteiger partial charge in [0.2, 0.25) is 0 Å². The highest BCUT2D eigenvalue weighted by Gasteiger charge is 2.30. The van der Waals surface area contributed by atoms with Gasteiger partial charge in [0.25, 0.3) is 0 Å². The maximum absolute atomic E-state index is 13.1. The minimum Gasteiger partial charge on any atom is -0.462 e. The molecule has 0 aliphatic heterocycles. The van der Waals surface area contributed by atoms with Gasteiger partial charge in [-0.2, -0.15) is 0 Å². The van der Waals surface area contributed by atoms with Gasteiger partial charge in [-0.15, -0.1) is 0 Å². The fourth-order valence-electron chi connectivity index (χ4n) is 12.6. The van der Waals surface area contributed by atoms with Crippen molar-refractivity contribution in [3.8, 4) is 0 Å². The average molecular weight is 1470 g/mol. The SMILES string of the molecule is CCCCCCCCCCCCCCCCCCCCCCC(=O)OC[C@H](COP(=O)(O)OC[C@@H](O)COP(=O)(O)OC[C@@H](COC(=O)CCCCCCCCCC)OC(=O)CCCCCCCCCCCC)OC(=O)CCCCCCCCCCCCCCCCCCCCC(C)CC. The monoisotopic (exact) mass is 1470 g/mol. The van der Waals surface area contributed by atoms with Crippen molar-refractivity contribution in [1.82, 2.24) is 0 Å². The maximum atomic E-state index is 13.1. The van der Waals surface area contributed by atoms with Crippen LogP contribution in [-0.4, -0.2) is 96.7 Å². The summed E-state index contributed by atoms with van der Waals surface area (Å²) in [7, 11) is -9.91. The fourth-order valence-corrected chi connectivity index (χ4v) is 14.1. The lowest BCUT2D eigenvalue weighted by Crippen LogP contribution is -2.30. The second-order valence-corrected chi connectivity index (χ2v) is 32.3. The fraction of sp³-hybridized carbons (Fsp3) is 0.951. The molecule has 0 radical (unpaired) electrons. The minimum absolute atomic E-state index is 0.107. The van der Waals surface area contributed by atoms with Crippen LogP contribution < -0.4 is 0 Å². The Morgan fingerprint density at radius 1 is 0.280 bits per heavy atom. The number of phosphoric acid groups is 2. The summed E-state index contributed by atoms with van der Waals surface area (Å²) < 4.78 is 68.5. The molecule has 100 heavy (non-hydrogen) atoms. The Balaban J connectivity index is 5.15. The third-order valence-corrected chi connectivity index (χ3v) is 21.3. The predicted molar refractivity (Wildman–Crippen MR) is 409 cm³/mol. The van der Waals surface area contributed by atoms with E-state index in [0.717, 1.165) is 102 Å². The molecule has 0 rings (SSSR count). The molecule has 19 heteroatoms. The average Bonchev–Trinajstić information content (AvgIpc) is 0.938. The molecule has 0 aromatic rings. The van der Waals surface area contributed by atoms with Crippen LogP contribution in [0.2, 0.25) is 0 Å². The van der Waals surface area contributed by atoms with E-state index in [1.165, 1.54) is 250 Å². The Morgan fingerprint density at radius 2 is 0.480 bits per heavy atom. The molecule has 0 aliphatic carbocycles. The first-order valence-corrected chi connectivity index (χ1v) is 45.2. The molecule has 0 saturated carbocycles. The van der Waals surface area contributed by atoms with Gasteiger partial charge in [0.15, 0.2) is 12.2 Å². The molecular weight excluding hydrogens is 1310 g/mol. The van der Waals surface area contributed by atoms with Gasteiger partial charge in [-0.05, 0) is 31.6 Å². The predicted octanol–water partition coefficient (Wildman–Crippen LogP) is 24.4. The third kappa shape index (κ3) is 73.0. The molecule has 594 valence electrons. The summed E-state index contributed by atoms with van der Waals surface area (Å²) in [4.78, 5) is 72.8. The molecule has 3 unspecified atom stereocenters. The summed E-state index contributed by atoms with van der Waals surface area (Å²) >= 11 is 0. The molecule has 0 aliphatic rings. The van der Waals surface area contributed by atoms with Gasteiger partial charge in [0.1, 0.15) is 19.3 Å². The highest BCUT2D eigenvalue weighted by Crippen LogP contribution is 2.45. The molecule has 0 fully saturated rings. The molecule has 0 saturated heterocycles. The Bertz CT molecular complexity index is 1910. The number of rotatable bonds is 81. The quantitative estimate of drug-likeness (QED) is 0.0222. The summed E-state index contributed by atoms with van der Waals surface area (Å²) in [6.45, 7) is 7.35. The lowest BCUT2D eigenvalue weighted by atomic mass is 9.99. The van der Waals surface area contributed by atoms with E-state index in [1.807, 2.05) is 0 Å². The topological polar surface area (TPSA) is 237 Å². The molecule has 6 atom stereocenters. The lowest BCUT2D eigenvalue weighted by molar-refractivity contribution is -0.161. The number of aliphatic hydroxyl groups excluding tert-OH is 1. The second kappa shape index (κ2) is 73.9. The van der Waals surface area contributed by atoms with E-state index in [1.54, 1.807) is 0 Å². The first-order chi connectivity index (χ1) is 48.6. The number of carbonyl (C=O) groups excluding carboxylic acids is 4. The van der Waals surface area contributed by atoms with Gasteiger partial charge in [-0.25, -0.2) is 9.13 Å². The molecule has 0 amide bonds. The van der Waals surface area contributed by atoms with Crippen molar-refractivity contribution in [3.05, 3.63) is 0 Å². The van der Waals surface area contributed by atoms with Crippen molar-refractivity contribution >= 4 is 39.5 Å². The largest absolute Gasteiger partial charge is 0.472 e. The number of hydrogen-bond donors (Lipinski definition) is 3. The minimum atomic E-state index is -4.96. The van der Waals surface area contributed by atoms with Crippen LogP contribution in [0.4, 0.5) is 0 Å². The Morgan fingerprint density at radius 3 is 0.710 bits per heavy atom. The zero-order chi connectivity index (χ0) is 73.4. The second-order valence-electron chi connectivity index (χ2n) is 29.4. The number of unbranched alkanes of at least 4 members (excludes halogenated alkanes) is 52. The van der Waals surface area contributed by atoms with Crippen molar-refractivity contribution in [2.45, 2.75) is 451 Å². The van der Waals surface area contributed by atoms with Gasteiger partial charge in [0.05, 0.1) is 26.4 Å². The van der Waals surface area contributed by atoms with E-state index in [0.29, 0.717) is 25.7 Å². The number of aliphatic hydroxyl groups is 1. The molecule has 0 aromatic heterocycles. The first kappa shape index (κ1) is 98.1. The van der Waals surface area contributed by atoms with Gasteiger partial charge in [-0.3, -0.25) is 37.3 Å². The van der Waals surface area contributed by atoms with Gasteiger partial charge in [0, 0.05) is 25.7 Å². The van der Waals surface area contributed by atoms with E-state index in [9.17, 15) is 43.2 Å². The summed E-state index contributed by atoms with van der Waals surface area (Å²) in [6, 6.07) is 0. The Labute approximate surface area is 613 Å². The standard InChI is InChI=1S/C81H158O17P2/c1-6-10-13-16-19-22-24-25-26-27-28-29-33-36-39-42-46-50-55-60-65-79(84)92-71-77(98-81(86)67-62-57-52-47-43-40-37-34-31-30-32-35-38-41-44-48-53-58-63-74(5)9-4)73-96-100(89,90)94-69-75(82)68-93-99(87,88)95-72-76(70-91-78(83)64-59-54-49-21-18-15-12-8-3)97-80(85)66-61-56-51-45-23-20-17-14-11-7-2/h74-77,82H,6-73H2,1-5H3,(H,87,88)(H,89,90)/t74?,75-,76+,77+/m0/s1. The van der Waals surface area contributed by atoms with E-state index < -0.39 is 97.5 Å². The number of carbonyl (C=O) groups is 4. The summed E-state index contributed by atoms with van der Waals surface area (Å²) in [5.74, 6) is -1.24. The first-order valence-electron chi connectivity index (χ1n) is 42.2. The zero-order valence-electron chi connectivity index (χ0n) is 65.3. The summed E-state index contributed by atoms with van der Waals surface area (Å²) in [5.41, 5.74) is 0. The van der Waals surface area contributed by atoms with E-state index in [2.05, 4.69) is 34.6 Å². The van der Waals surface area contributed by atoms with Crippen molar-refractivity contribution in [3.63, 3.8) is 0 Å². The van der Waals surface area contributed by atoms with E-state index >= 15 is 0 Å². The van der Waals surface area contributed by atoms with Gasteiger partial charge >= 0.3 is 39.5 Å². The molecule has 0 aromatic carbocycles. The van der Waals surface area contributed by atoms with E-state index in [4.69, 9.17) is 37.0 Å². The van der Waals surface area contributed by atoms with Crippen molar-refractivity contribution in [2.75, 3.05) is 39.6 Å². The van der Waals surface area contributed by atoms with Crippen molar-refractivity contribution in [1.29, 1.82) is 0 Å².